The number of ether oxygens (including phenoxy) is 9. The highest BCUT2D eigenvalue weighted by Crippen LogP contribution is 2.36. The lowest BCUT2D eigenvalue weighted by Gasteiger charge is -2.50. The quantitative estimate of drug-likeness (QED) is 0.0725. The van der Waals surface area contributed by atoms with Crippen LogP contribution in [-0.4, -0.2) is 275 Å². The summed E-state index contributed by atoms with van der Waals surface area (Å²) < 4.78 is 51.0. The van der Waals surface area contributed by atoms with Crippen LogP contribution < -0.4 is 10.6 Å². The van der Waals surface area contributed by atoms with Crippen molar-refractivity contribution in [3.05, 3.63) is 0 Å². The molecule has 5 aliphatic rings. The fourth-order valence-electron chi connectivity index (χ4n) is 7.82. The van der Waals surface area contributed by atoms with Crippen molar-refractivity contribution in [2.75, 3.05) is 33.0 Å². The predicted octanol–water partition coefficient (Wildman–Crippen LogP) is -11.6. The van der Waals surface area contributed by atoms with Crippen molar-refractivity contribution in [3.63, 3.8) is 0 Å². The van der Waals surface area contributed by atoms with Crippen molar-refractivity contribution in [3.8, 4) is 0 Å². The second kappa shape index (κ2) is 22.0. The molecule has 360 valence electrons. The van der Waals surface area contributed by atoms with Gasteiger partial charge in [-0.2, -0.15) is 0 Å². The summed E-state index contributed by atoms with van der Waals surface area (Å²) in [6, 6.07) is -3.16. The molecule has 0 radical (unpaired) electrons. The van der Waals surface area contributed by atoms with Crippen LogP contribution in [0.5, 0.6) is 0 Å². The summed E-state index contributed by atoms with van der Waals surface area (Å²) >= 11 is 0. The molecule has 5 saturated heterocycles. The highest BCUT2D eigenvalue weighted by atomic mass is 16.8. The second-order valence-corrected chi connectivity index (χ2v) is 15.4. The molecule has 28 nitrogen and oxygen atoms in total. The van der Waals surface area contributed by atoms with Gasteiger partial charge < -0.3 is 130 Å². The molecule has 5 aliphatic heterocycles. The van der Waals surface area contributed by atoms with Gasteiger partial charge in [-0.1, -0.05) is 0 Å². The number of carbonyl (C=O) groups excluding carboxylic acids is 2. The maximum Gasteiger partial charge on any atom is 0.217 e. The van der Waals surface area contributed by atoms with Crippen molar-refractivity contribution in [1.82, 2.24) is 10.6 Å². The van der Waals surface area contributed by atoms with Gasteiger partial charge in [0.15, 0.2) is 31.5 Å². The van der Waals surface area contributed by atoms with E-state index in [1.807, 2.05) is 0 Å². The first-order valence-corrected chi connectivity index (χ1v) is 19.6. The number of hydrogen-bond donors (Lipinski definition) is 17. The van der Waals surface area contributed by atoms with Crippen LogP contribution in [0.2, 0.25) is 0 Å². The lowest BCUT2D eigenvalue weighted by Crippen LogP contribution is -2.70. The summed E-state index contributed by atoms with van der Waals surface area (Å²) in [5.41, 5.74) is 0. The molecule has 0 aromatic carbocycles. The Kier molecular flexibility index (Phi) is 18.1. The minimum Gasteiger partial charge on any atom is -0.394 e. The third-order valence-electron chi connectivity index (χ3n) is 11.1. The van der Waals surface area contributed by atoms with Gasteiger partial charge in [0.1, 0.15) is 122 Å². The summed E-state index contributed by atoms with van der Waals surface area (Å²) in [6.45, 7) is -2.53. The van der Waals surface area contributed by atoms with Crippen molar-refractivity contribution in [2.24, 2.45) is 0 Å². The molecule has 28 heteroatoms. The van der Waals surface area contributed by atoms with Crippen molar-refractivity contribution < 1.29 is 129 Å². The van der Waals surface area contributed by atoms with Crippen molar-refractivity contribution in [1.29, 1.82) is 0 Å². The lowest BCUT2D eigenvalue weighted by atomic mass is 9.94. The van der Waals surface area contributed by atoms with Gasteiger partial charge in [-0.3, -0.25) is 9.59 Å². The number of nitrogens with one attached hydrogen (secondary N) is 2. The minimum absolute atomic E-state index is 0.687. The standard InChI is InChI=1S/C34H58N2O26/c1-8(42)35-15-20(47)26(13(6-40)54-30(15)53)59-31-16(36-9(2)43)21(48)27(14(7-41)58-31)60-33-25(52)28(19(46)12(5-39)56-33)61-34-29(23(50)18(45)11(4-38)57-34)62-32-24(51)22(49)17(44)10(3-37)55-32/h10-34,37-41,44-53H,3-7H2,1-2H3,(H,35,42)(H,36,43)/t10-,11-,12-,13-,14-,15-,16-,17-,18-,19-,20-,21-,22+,23+,24+,25+,26-,27-,28+,29+,30-,31+,32-,33+,34+/m1/s1. The van der Waals surface area contributed by atoms with E-state index in [-0.39, 0.29) is 0 Å². The fourth-order valence-corrected chi connectivity index (χ4v) is 7.82. The number of hydrogen-bond acceptors (Lipinski definition) is 26. The van der Waals surface area contributed by atoms with E-state index in [9.17, 15) is 86.2 Å². The molecule has 0 aromatic heterocycles. The van der Waals surface area contributed by atoms with E-state index >= 15 is 0 Å². The monoisotopic (exact) mass is 910 g/mol. The zero-order chi connectivity index (χ0) is 45.9. The van der Waals surface area contributed by atoms with Crippen LogP contribution in [0.25, 0.3) is 0 Å². The Balaban J connectivity index is 1.38. The summed E-state index contributed by atoms with van der Waals surface area (Å²) in [4.78, 5) is 24.2. The fraction of sp³-hybridized carbons (Fsp3) is 0.941. The largest absolute Gasteiger partial charge is 0.394 e. The number of carbonyl (C=O) groups is 2. The molecule has 2 amide bonds. The van der Waals surface area contributed by atoms with Gasteiger partial charge in [0.25, 0.3) is 0 Å². The van der Waals surface area contributed by atoms with Crippen molar-refractivity contribution >= 4 is 11.8 Å². The van der Waals surface area contributed by atoms with Crippen LogP contribution >= 0.6 is 0 Å². The zero-order valence-electron chi connectivity index (χ0n) is 33.2. The van der Waals surface area contributed by atoms with E-state index in [1.54, 1.807) is 0 Å². The van der Waals surface area contributed by atoms with E-state index in [0.29, 0.717) is 0 Å². The van der Waals surface area contributed by atoms with Gasteiger partial charge in [0.2, 0.25) is 11.8 Å². The first-order chi connectivity index (χ1) is 29.3. The number of amides is 2. The summed E-state index contributed by atoms with van der Waals surface area (Å²) in [5.74, 6) is -1.47. The van der Waals surface area contributed by atoms with Gasteiger partial charge in [-0.15, -0.1) is 0 Å². The molecule has 0 unspecified atom stereocenters. The number of aliphatic hydroxyl groups is 15. The number of rotatable bonds is 15. The lowest BCUT2D eigenvalue weighted by molar-refractivity contribution is -0.395. The highest BCUT2D eigenvalue weighted by molar-refractivity contribution is 5.73. The molecule has 0 saturated carbocycles. The van der Waals surface area contributed by atoms with E-state index < -0.39 is 198 Å². The maximum absolute atomic E-state index is 12.4. The smallest absolute Gasteiger partial charge is 0.217 e. The Bertz CT molecular complexity index is 1440. The highest BCUT2D eigenvalue weighted by Gasteiger charge is 2.57. The van der Waals surface area contributed by atoms with E-state index in [0.717, 1.165) is 13.8 Å². The Morgan fingerprint density at radius 3 is 1.31 bits per heavy atom. The Labute approximate surface area is 351 Å². The van der Waals surface area contributed by atoms with Gasteiger partial charge in [-0.25, -0.2) is 0 Å². The van der Waals surface area contributed by atoms with Gasteiger partial charge in [-0.05, 0) is 0 Å². The molecule has 5 heterocycles. The summed E-state index contributed by atoms with van der Waals surface area (Å²) in [6.07, 6.45) is -42.7. The van der Waals surface area contributed by atoms with Gasteiger partial charge in [0, 0.05) is 13.8 Å². The molecular formula is C34H58N2O26. The number of aliphatic hydroxyl groups excluding tert-OH is 15. The molecule has 0 spiro atoms. The molecule has 0 bridgehead atoms. The SMILES string of the molecule is CC(=O)N[C@@H]1[C@@H](O)[C@H](O[C@@H]2O[C@H](CO)[C@@H](O[C@@H]3O[C@H](CO)[C@@H](O)[C@H](O[C@@H]4O[C@H](CO)[C@@H](O)[C@H](O)[C@@H]4O[C@H]4O[C@H](CO)[C@@H](O)[C@H](O)[C@@H]4O)[C@@H]3O)[C@H](O)[C@H]2NC(C)=O)[C@@H](CO)O[C@H]1O. The maximum atomic E-state index is 12.4. The molecule has 0 aromatic rings. The zero-order valence-corrected chi connectivity index (χ0v) is 33.2. The molecular weight excluding hydrogens is 852 g/mol. The van der Waals surface area contributed by atoms with E-state index in [1.165, 1.54) is 0 Å². The van der Waals surface area contributed by atoms with Crippen LogP contribution in [0, 0.1) is 0 Å². The topological polar surface area (TPSA) is 445 Å². The third-order valence-corrected chi connectivity index (χ3v) is 11.1. The Morgan fingerprint density at radius 2 is 0.774 bits per heavy atom. The van der Waals surface area contributed by atoms with Crippen LogP contribution in [-0.2, 0) is 52.2 Å². The third kappa shape index (κ3) is 10.8. The van der Waals surface area contributed by atoms with Gasteiger partial charge >= 0.3 is 0 Å². The molecule has 17 N–H and O–H groups in total. The van der Waals surface area contributed by atoms with Crippen LogP contribution in [0.1, 0.15) is 13.8 Å². The van der Waals surface area contributed by atoms with Crippen LogP contribution in [0.3, 0.4) is 0 Å². The molecule has 5 fully saturated rings. The van der Waals surface area contributed by atoms with E-state index in [4.69, 9.17) is 42.6 Å². The summed E-state index contributed by atoms with van der Waals surface area (Å²) in [5, 5.41) is 163. The van der Waals surface area contributed by atoms with Gasteiger partial charge in [0.05, 0.1) is 33.0 Å². The normalized spacial score (nSPS) is 49.0. The Morgan fingerprint density at radius 1 is 0.387 bits per heavy atom. The Hall–Kier alpha value is -2.02. The predicted molar refractivity (Wildman–Crippen MR) is 190 cm³/mol. The molecule has 62 heavy (non-hydrogen) atoms. The van der Waals surface area contributed by atoms with Crippen molar-refractivity contribution in [2.45, 2.75) is 167 Å². The molecule has 25 atom stereocenters. The van der Waals surface area contributed by atoms with E-state index in [2.05, 4.69) is 10.6 Å². The first-order valence-electron chi connectivity index (χ1n) is 19.6. The first kappa shape index (κ1) is 51.0. The summed E-state index contributed by atoms with van der Waals surface area (Å²) in [7, 11) is 0. The second-order valence-electron chi connectivity index (χ2n) is 15.4. The van der Waals surface area contributed by atoms with Crippen LogP contribution in [0.4, 0.5) is 0 Å². The molecule has 5 rings (SSSR count). The average Bonchev–Trinajstić information content (AvgIpc) is 3.23. The van der Waals surface area contributed by atoms with Crippen LogP contribution in [0.15, 0.2) is 0 Å². The average molecular weight is 911 g/mol. The molecule has 0 aliphatic carbocycles. The minimum atomic E-state index is -2.18.